The summed E-state index contributed by atoms with van der Waals surface area (Å²) in [5.74, 6) is 1.86. The van der Waals surface area contributed by atoms with Crippen LogP contribution in [0.3, 0.4) is 0 Å². The van der Waals surface area contributed by atoms with E-state index in [9.17, 15) is 13.2 Å². The Bertz CT molecular complexity index is 866. The number of terminal acetylenes is 1. The first-order valence-corrected chi connectivity index (χ1v) is 8.77. The van der Waals surface area contributed by atoms with Crippen molar-refractivity contribution < 1.29 is 13.2 Å². The summed E-state index contributed by atoms with van der Waals surface area (Å²) in [5.41, 5.74) is 2.38. The fourth-order valence-electron chi connectivity index (χ4n) is 2.01. The van der Waals surface area contributed by atoms with Gasteiger partial charge in [-0.05, 0) is 30.7 Å². The van der Waals surface area contributed by atoms with Crippen LogP contribution in [0.1, 0.15) is 21.5 Å². The number of nitrogens with one attached hydrogen (secondary N) is 2. The Morgan fingerprint density at radius 2 is 1.88 bits per heavy atom. The topological polar surface area (TPSA) is 75.3 Å². The standard InChI is InChI=1S/C18H18N2O3S/c1-3-11-20-24(22,23)17-6-4-5-16(12-17)18(21)19-13-15-9-7-14(2)8-10-15/h1,4-10,12,20H,11,13H2,2H3,(H,19,21). The van der Waals surface area contributed by atoms with E-state index < -0.39 is 10.0 Å². The highest BCUT2D eigenvalue weighted by molar-refractivity contribution is 7.89. The summed E-state index contributed by atoms with van der Waals surface area (Å²) >= 11 is 0. The third-order valence-electron chi connectivity index (χ3n) is 3.34. The van der Waals surface area contributed by atoms with Crippen LogP contribution in [-0.2, 0) is 16.6 Å². The molecule has 6 heteroatoms. The number of sulfonamides is 1. The SMILES string of the molecule is C#CCNS(=O)(=O)c1cccc(C(=O)NCc2ccc(C)cc2)c1. The molecule has 2 aromatic rings. The van der Waals surface area contributed by atoms with Gasteiger partial charge < -0.3 is 5.32 Å². The molecule has 0 radical (unpaired) electrons. The van der Waals surface area contributed by atoms with E-state index in [1.54, 1.807) is 6.07 Å². The first kappa shape index (κ1) is 17.7. The van der Waals surface area contributed by atoms with E-state index in [1.165, 1.54) is 18.2 Å². The summed E-state index contributed by atoms with van der Waals surface area (Å²) in [5, 5.41) is 2.77. The van der Waals surface area contributed by atoms with Crippen LogP contribution in [0, 0.1) is 19.3 Å². The van der Waals surface area contributed by atoms with Crippen LogP contribution in [0.15, 0.2) is 53.4 Å². The lowest BCUT2D eigenvalue weighted by Crippen LogP contribution is -2.25. The highest BCUT2D eigenvalue weighted by atomic mass is 32.2. The van der Waals surface area contributed by atoms with Gasteiger partial charge in [0.1, 0.15) is 0 Å². The lowest BCUT2D eigenvalue weighted by atomic mass is 10.1. The van der Waals surface area contributed by atoms with Crippen molar-refractivity contribution in [2.45, 2.75) is 18.4 Å². The fraction of sp³-hybridized carbons (Fsp3) is 0.167. The van der Waals surface area contributed by atoms with Crippen LogP contribution in [0.4, 0.5) is 0 Å². The molecule has 2 aromatic carbocycles. The molecule has 0 bridgehead atoms. The van der Waals surface area contributed by atoms with E-state index in [2.05, 4.69) is 16.0 Å². The monoisotopic (exact) mass is 342 g/mol. The fourth-order valence-corrected chi connectivity index (χ4v) is 2.99. The van der Waals surface area contributed by atoms with Gasteiger partial charge in [-0.25, -0.2) is 8.42 Å². The number of carbonyl (C=O) groups is 1. The summed E-state index contributed by atoms with van der Waals surface area (Å²) in [7, 11) is -3.72. The van der Waals surface area contributed by atoms with Crippen molar-refractivity contribution in [1.82, 2.24) is 10.0 Å². The lowest BCUT2D eigenvalue weighted by Gasteiger charge is -2.08. The van der Waals surface area contributed by atoms with Crippen molar-refractivity contribution in [1.29, 1.82) is 0 Å². The van der Waals surface area contributed by atoms with Gasteiger partial charge in [0.15, 0.2) is 0 Å². The predicted octanol–water partition coefficient (Wildman–Crippen LogP) is 1.84. The number of hydrogen-bond donors (Lipinski definition) is 2. The zero-order valence-corrected chi connectivity index (χ0v) is 14.1. The molecule has 124 valence electrons. The molecule has 0 aliphatic rings. The molecule has 24 heavy (non-hydrogen) atoms. The highest BCUT2D eigenvalue weighted by Gasteiger charge is 2.15. The van der Waals surface area contributed by atoms with Gasteiger partial charge in [0.2, 0.25) is 10.0 Å². The quantitative estimate of drug-likeness (QED) is 0.787. The number of amides is 1. The molecule has 0 aliphatic heterocycles. The minimum atomic E-state index is -3.72. The summed E-state index contributed by atoms with van der Waals surface area (Å²) in [6, 6.07) is 13.6. The Hall–Kier alpha value is -2.62. The van der Waals surface area contributed by atoms with Gasteiger partial charge in [-0.2, -0.15) is 4.72 Å². The molecule has 0 unspecified atom stereocenters. The smallest absolute Gasteiger partial charge is 0.251 e. The van der Waals surface area contributed by atoms with Crippen LogP contribution in [0.2, 0.25) is 0 Å². The molecule has 2 rings (SSSR count). The maximum Gasteiger partial charge on any atom is 0.251 e. The van der Waals surface area contributed by atoms with E-state index in [0.29, 0.717) is 6.54 Å². The number of benzene rings is 2. The average Bonchev–Trinajstić information content (AvgIpc) is 2.59. The van der Waals surface area contributed by atoms with Crippen molar-refractivity contribution >= 4 is 15.9 Å². The number of rotatable bonds is 6. The molecule has 0 heterocycles. The van der Waals surface area contributed by atoms with Crippen LogP contribution in [0.25, 0.3) is 0 Å². The highest BCUT2D eigenvalue weighted by Crippen LogP contribution is 2.12. The Kier molecular flexibility index (Phi) is 5.74. The van der Waals surface area contributed by atoms with Gasteiger partial charge in [0.05, 0.1) is 11.4 Å². The van der Waals surface area contributed by atoms with Gasteiger partial charge in [0, 0.05) is 12.1 Å². The molecule has 0 saturated carbocycles. The molecular weight excluding hydrogens is 324 g/mol. The molecule has 0 fully saturated rings. The summed E-state index contributed by atoms with van der Waals surface area (Å²) in [6.07, 6.45) is 5.05. The van der Waals surface area contributed by atoms with E-state index in [-0.39, 0.29) is 22.9 Å². The lowest BCUT2D eigenvalue weighted by molar-refractivity contribution is 0.0950. The minimum Gasteiger partial charge on any atom is -0.348 e. The second kappa shape index (κ2) is 7.77. The van der Waals surface area contributed by atoms with Crippen LogP contribution >= 0.6 is 0 Å². The number of carbonyl (C=O) groups excluding carboxylic acids is 1. The van der Waals surface area contributed by atoms with Gasteiger partial charge in [-0.15, -0.1) is 6.42 Å². The summed E-state index contributed by atoms with van der Waals surface area (Å²) in [4.78, 5) is 12.2. The van der Waals surface area contributed by atoms with Gasteiger partial charge >= 0.3 is 0 Å². The largest absolute Gasteiger partial charge is 0.348 e. The van der Waals surface area contributed by atoms with Crippen molar-refractivity contribution in [3.05, 3.63) is 65.2 Å². The molecule has 0 aromatic heterocycles. The molecule has 2 N–H and O–H groups in total. The third kappa shape index (κ3) is 4.69. The Morgan fingerprint density at radius 1 is 1.17 bits per heavy atom. The molecule has 0 spiro atoms. The first-order chi connectivity index (χ1) is 11.4. The maximum atomic E-state index is 12.2. The zero-order valence-electron chi connectivity index (χ0n) is 13.2. The second-order valence-corrected chi connectivity index (χ2v) is 6.99. The van der Waals surface area contributed by atoms with Crippen molar-refractivity contribution in [3.63, 3.8) is 0 Å². The predicted molar refractivity (Wildman–Crippen MR) is 92.8 cm³/mol. The maximum absolute atomic E-state index is 12.2. The van der Waals surface area contributed by atoms with E-state index >= 15 is 0 Å². The number of hydrogen-bond acceptors (Lipinski definition) is 3. The first-order valence-electron chi connectivity index (χ1n) is 7.29. The summed E-state index contributed by atoms with van der Waals surface area (Å²) < 4.78 is 26.3. The van der Waals surface area contributed by atoms with Gasteiger partial charge in [0.25, 0.3) is 5.91 Å². The Morgan fingerprint density at radius 3 is 2.54 bits per heavy atom. The van der Waals surface area contributed by atoms with Crippen molar-refractivity contribution in [3.8, 4) is 12.3 Å². The molecule has 0 saturated heterocycles. The number of aryl methyl sites for hydroxylation is 1. The van der Waals surface area contributed by atoms with Crippen molar-refractivity contribution in [2.24, 2.45) is 0 Å². The third-order valence-corrected chi connectivity index (χ3v) is 4.74. The van der Waals surface area contributed by atoms with E-state index in [1.807, 2.05) is 31.2 Å². The molecule has 0 aliphatic carbocycles. The molecular formula is C18H18N2O3S. The van der Waals surface area contributed by atoms with Crippen LogP contribution in [-0.4, -0.2) is 20.9 Å². The summed E-state index contributed by atoms with van der Waals surface area (Å²) in [6.45, 7) is 2.25. The van der Waals surface area contributed by atoms with Crippen molar-refractivity contribution in [2.75, 3.05) is 6.54 Å². The molecule has 5 nitrogen and oxygen atoms in total. The van der Waals surface area contributed by atoms with E-state index in [4.69, 9.17) is 6.42 Å². The second-order valence-electron chi connectivity index (χ2n) is 5.22. The Labute approximate surface area is 142 Å². The van der Waals surface area contributed by atoms with Gasteiger partial charge in [-0.3, -0.25) is 4.79 Å². The average molecular weight is 342 g/mol. The zero-order chi connectivity index (χ0) is 17.6. The normalized spacial score (nSPS) is 10.8. The van der Waals surface area contributed by atoms with Gasteiger partial charge in [-0.1, -0.05) is 41.8 Å². The van der Waals surface area contributed by atoms with Crippen LogP contribution < -0.4 is 10.0 Å². The molecule has 1 amide bonds. The molecule has 0 atom stereocenters. The van der Waals surface area contributed by atoms with E-state index in [0.717, 1.165) is 11.1 Å². The minimum absolute atomic E-state index is 0.000681. The Balaban J connectivity index is 2.09. The van der Waals surface area contributed by atoms with Crippen LogP contribution in [0.5, 0.6) is 0 Å².